The zero-order valence-electron chi connectivity index (χ0n) is 10.8. The number of hydrogen-bond donors (Lipinski definition) is 2. The van der Waals surface area contributed by atoms with Gasteiger partial charge in [0.05, 0.1) is 4.90 Å². The predicted molar refractivity (Wildman–Crippen MR) is 74.6 cm³/mol. The Balaban J connectivity index is 1.93. The van der Waals surface area contributed by atoms with Crippen molar-refractivity contribution < 1.29 is 8.42 Å². The first kappa shape index (κ1) is 14.0. The normalized spacial score (nSPS) is 20.4. The molecule has 1 fully saturated rings. The van der Waals surface area contributed by atoms with Gasteiger partial charge in [-0.15, -0.1) is 11.3 Å². The molecular weight excluding hydrogens is 268 g/mol. The van der Waals surface area contributed by atoms with E-state index in [1.54, 1.807) is 6.07 Å². The Kier molecular flexibility index (Phi) is 4.42. The second-order valence-electron chi connectivity index (χ2n) is 4.76. The summed E-state index contributed by atoms with van der Waals surface area (Å²) in [6.45, 7) is 5.35. The van der Waals surface area contributed by atoms with Crippen molar-refractivity contribution in [3.05, 3.63) is 15.8 Å². The molecule has 102 valence electrons. The van der Waals surface area contributed by atoms with E-state index in [9.17, 15) is 8.42 Å². The van der Waals surface area contributed by atoms with E-state index in [2.05, 4.69) is 10.0 Å². The summed E-state index contributed by atoms with van der Waals surface area (Å²) < 4.78 is 26.9. The van der Waals surface area contributed by atoms with Gasteiger partial charge in [-0.1, -0.05) is 0 Å². The average Bonchev–Trinajstić information content (AvgIpc) is 2.88. The summed E-state index contributed by atoms with van der Waals surface area (Å²) in [5.74, 6) is 0. The summed E-state index contributed by atoms with van der Waals surface area (Å²) in [6.07, 6.45) is 3.21. The van der Waals surface area contributed by atoms with Crippen LogP contribution in [0.25, 0.3) is 0 Å². The van der Waals surface area contributed by atoms with Crippen molar-refractivity contribution in [1.82, 2.24) is 10.0 Å². The van der Waals surface area contributed by atoms with E-state index >= 15 is 0 Å². The van der Waals surface area contributed by atoms with E-state index in [1.165, 1.54) is 17.8 Å². The van der Waals surface area contributed by atoms with Crippen LogP contribution in [0.15, 0.2) is 11.0 Å². The molecule has 2 rings (SSSR count). The van der Waals surface area contributed by atoms with Crippen molar-refractivity contribution in [2.24, 2.45) is 0 Å². The van der Waals surface area contributed by atoms with Gasteiger partial charge in [0.1, 0.15) is 0 Å². The molecule has 0 aliphatic carbocycles. The van der Waals surface area contributed by atoms with E-state index in [0.29, 0.717) is 17.5 Å². The van der Waals surface area contributed by atoms with Crippen molar-refractivity contribution in [3.8, 4) is 0 Å². The number of hydrogen-bond acceptors (Lipinski definition) is 4. The van der Waals surface area contributed by atoms with Crippen LogP contribution in [0, 0.1) is 13.8 Å². The Bertz CT molecular complexity index is 502. The third kappa shape index (κ3) is 3.32. The molecule has 1 saturated heterocycles. The molecule has 2 heterocycles. The molecule has 4 nitrogen and oxygen atoms in total. The van der Waals surface area contributed by atoms with Gasteiger partial charge in [0.25, 0.3) is 0 Å². The second kappa shape index (κ2) is 5.69. The lowest BCUT2D eigenvalue weighted by molar-refractivity contribution is 0.539. The van der Waals surface area contributed by atoms with Gasteiger partial charge in [0, 0.05) is 22.3 Å². The molecule has 6 heteroatoms. The molecule has 1 atom stereocenters. The first-order valence-electron chi connectivity index (χ1n) is 6.29. The Labute approximate surface area is 113 Å². The van der Waals surface area contributed by atoms with Crippen LogP contribution in [-0.2, 0) is 10.0 Å². The fourth-order valence-corrected chi connectivity index (χ4v) is 4.92. The first-order valence-corrected chi connectivity index (χ1v) is 8.59. The van der Waals surface area contributed by atoms with E-state index in [1.807, 2.05) is 13.8 Å². The smallest absolute Gasteiger partial charge is 0.241 e. The van der Waals surface area contributed by atoms with E-state index < -0.39 is 10.0 Å². The summed E-state index contributed by atoms with van der Waals surface area (Å²) in [5.41, 5.74) is 0. The molecule has 1 aliphatic rings. The first-order chi connectivity index (χ1) is 8.49. The quantitative estimate of drug-likeness (QED) is 0.868. The van der Waals surface area contributed by atoms with Crippen molar-refractivity contribution >= 4 is 21.4 Å². The highest BCUT2D eigenvalue weighted by Crippen LogP contribution is 2.24. The summed E-state index contributed by atoms with van der Waals surface area (Å²) in [5, 5.41) is 3.37. The minimum Gasteiger partial charge on any atom is -0.314 e. The Morgan fingerprint density at radius 3 is 2.83 bits per heavy atom. The maximum absolute atomic E-state index is 12.1. The SMILES string of the molecule is Cc1cc(S(=O)(=O)NCC[C@H]2CCCN2)c(C)s1. The lowest BCUT2D eigenvalue weighted by Gasteiger charge is -2.11. The van der Waals surface area contributed by atoms with Crippen LogP contribution < -0.4 is 10.0 Å². The molecule has 0 aromatic carbocycles. The zero-order chi connectivity index (χ0) is 13.2. The fraction of sp³-hybridized carbons (Fsp3) is 0.667. The van der Waals surface area contributed by atoms with Crippen LogP contribution >= 0.6 is 11.3 Å². The monoisotopic (exact) mass is 288 g/mol. The molecule has 1 aromatic rings. The number of rotatable bonds is 5. The van der Waals surface area contributed by atoms with Gasteiger partial charge in [0.2, 0.25) is 10.0 Å². The highest BCUT2D eigenvalue weighted by molar-refractivity contribution is 7.89. The van der Waals surface area contributed by atoms with E-state index in [4.69, 9.17) is 0 Å². The van der Waals surface area contributed by atoms with Crippen molar-refractivity contribution in [1.29, 1.82) is 0 Å². The molecule has 0 amide bonds. The summed E-state index contributed by atoms with van der Waals surface area (Å²) in [4.78, 5) is 2.33. The second-order valence-corrected chi connectivity index (χ2v) is 7.95. The molecule has 0 bridgehead atoms. The molecule has 1 aliphatic heterocycles. The van der Waals surface area contributed by atoms with Gasteiger partial charge >= 0.3 is 0 Å². The zero-order valence-corrected chi connectivity index (χ0v) is 12.5. The topological polar surface area (TPSA) is 58.2 Å². The largest absolute Gasteiger partial charge is 0.314 e. The molecule has 0 saturated carbocycles. The highest BCUT2D eigenvalue weighted by Gasteiger charge is 2.20. The van der Waals surface area contributed by atoms with Crippen molar-refractivity contribution in [3.63, 3.8) is 0 Å². The van der Waals surface area contributed by atoms with Crippen LogP contribution in [0.4, 0.5) is 0 Å². The Morgan fingerprint density at radius 1 is 1.50 bits per heavy atom. The predicted octanol–water partition coefficient (Wildman–Crippen LogP) is 1.79. The van der Waals surface area contributed by atoms with Gasteiger partial charge in [-0.25, -0.2) is 13.1 Å². The number of aryl methyl sites for hydroxylation is 2. The molecule has 18 heavy (non-hydrogen) atoms. The summed E-state index contributed by atoms with van der Waals surface area (Å²) in [7, 11) is -3.33. The van der Waals surface area contributed by atoms with Gasteiger partial charge in [-0.3, -0.25) is 0 Å². The highest BCUT2D eigenvalue weighted by atomic mass is 32.2. The van der Waals surface area contributed by atoms with Crippen LogP contribution in [0.1, 0.15) is 29.0 Å². The lowest BCUT2D eigenvalue weighted by Crippen LogP contribution is -2.30. The van der Waals surface area contributed by atoms with Crippen LogP contribution in [-0.4, -0.2) is 27.5 Å². The van der Waals surface area contributed by atoms with Crippen molar-refractivity contribution in [2.75, 3.05) is 13.1 Å². The minimum atomic E-state index is -3.33. The number of sulfonamides is 1. The van der Waals surface area contributed by atoms with Crippen molar-refractivity contribution in [2.45, 2.75) is 44.0 Å². The lowest BCUT2D eigenvalue weighted by atomic mass is 10.2. The third-order valence-corrected chi connectivity index (χ3v) is 5.91. The number of nitrogens with one attached hydrogen (secondary N) is 2. The van der Waals surface area contributed by atoms with Crippen LogP contribution in [0.5, 0.6) is 0 Å². The Morgan fingerprint density at radius 2 is 2.28 bits per heavy atom. The van der Waals surface area contributed by atoms with Gasteiger partial charge < -0.3 is 5.32 Å². The van der Waals surface area contributed by atoms with Gasteiger partial charge in [-0.2, -0.15) is 0 Å². The van der Waals surface area contributed by atoms with Crippen LogP contribution in [0.3, 0.4) is 0 Å². The standard InChI is InChI=1S/C12H20N2O2S2/c1-9-8-12(10(2)17-9)18(15,16)14-7-5-11-4-3-6-13-11/h8,11,13-14H,3-7H2,1-2H3/t11-/m1/s1. The Hall–Kier alpha value is -0.430. The van der Waals surface area contributed by atoms with Gasteiger partial charge in [0.15, 0.2) is 0 Å². The summed E-state index contributed by atoms with van der Waals surface area (Å²) in [6, 6.07) is 2.22. The molecular formula is C12H20N2O2S2. The number of thiophene rings is 1. The minimum absolute atomic E-state index is 0.435. The molecule has 0 unspecified atom stereocenters. The molecule has 2 N–H and O–H groups in total. The molecule has 1 aromatic heterocycles. The average molecular weight is 288 g/mol. The van der Waals surface area contributed by atoms with E-state index in [-0.39, 0.29) is 0 Å². The maximum atomic E-state index is 12.1. The van der Waals surface area contributed by atoms with Gasteiger partial charge in [-0.05, 0) is 45.7 Å². The van der Waals surface area contributed by atoms with E-state index in [0.717, 1.165) is 29.1 Å². The molecule has 0 radical (unpaired) electrons. The van der Waals surface area contributed by atoms with Crippen LogP contribution in [0.2, 0.25) is 0 Å². The maximum Gasteiger partial charge on any atom is 0.241 e. The summed E-state index contributed by atoms with van der Waals surface area (Å²) >= 11 is 1.52. The molecule has 0 spiro atoms. The third-order valence-electron chi connectivity index (χ3n) is 3.23. The fourth-order valence-electron chi connectivity index (χ4n) is 2.32.